The smallest absolute Gasteiger partial charge is 0.251 e. The van der Waals surface area contributed by atoms with E-state index in [0.29, 0.717) is 37.0 Å². The van der Waals surface area contributed by atoms with Gasteiger partial charge < -0.3 is 20.2 Å². The van der Waals surface area contributed by atoms with E-state index in [1.54, 1.807) is 29.7 Å². The van der Waals surface area contributed by atoms with Crippen molar-refractivity contribution in [3.63, 3.8) is 0 Å². The standard InChI is InChI=1S/C15H21N5O5/c1-2-25-13-7-5-11(6-8-13)14(22)18-12(10-21)4-3-9-17-15(16)19-20(23)24/h5-8,10,12H,2-4,9H2,1H3,(H,18,22)(H3,16,17,19). The molecule has 1 rings (SSSR count). The van der Waals surface area contributed by atoms with Crippen molar-refractivity contribution in [3.8, 4) is 5.75 Å². The Labute approximate surface area is 144 Å². The number of rotatable bonds is 10. The third kappa shape index (κ3) is 7.77. The number of hydrogen-bond acceptors (Lipinski definition) is 6. The fourth-order valence-electron chi connectivity index (χ4n) is 1.96. The maximum absolute atomic E-state index is 12.1. The summed E-state index contributed by atoms with van der Waals surface area (Å²) in [4.78, 5) is 33.3. The van der Waals surface area contributed by atoms with Crippen molar-refractivity contribution in [2.75, 3.05) is 13.2 Å². The second kappa shape index (κ2) is 10.6. The van der Waals surface area contributed by atoms with Crippen LogP contribution >= 0.6 is 0 Å². The number of guanidine groups is 1. The van der Waals surface area contributed by atoms with E-state index in [-0.39, 0.29) is 12.5 Å². The van der Waals surface area contributed by atoms with E-state index < -0.39 is 17.0 Å². The Balaban J connectivity index is 2.39. The van der Waals surface area contributed by atoms with Gasteiger partial charge in [0.1, 0.15) is 12.0 Å². The summed E-state index contributed by atoms with van der Waals surface area (Å²) in [5, 5.41) is 21.6. The van der Waals surface area contributed by atoms with Gasteiger partial charge in [-0.1, -0.05) is 5.43 Å². The van der Waals surface area contributed by atoms with Gasteiger partial charge in [0.05, 0.1) is 12.6 Å². The van der Waals surface area contributed by atoms with E-state index in [2.05, 4.69) is 10.6 Å². The van der Waals surface area contributed by atoms with Gasteiger partial charge in [-0.3, -0.25) is 10.2 Å². The summed E-state index contributed by atoms with van der Waals surface area (Å²) in [6.45, 7) is 2.64. The van der Waals surface area contributed by atoms with Crippen LogP contribution in [0, 0.1) is 15.5 Å². The van der Waals surface area contributed by atoms with Crippen LogP contribution in [0.4, 0.5) is 0 Å². The van der Waals surface area contributed by atoms with Gasteiger partial charge in [0, 0.05) is 12.1 Å². The zero-order chi connectivity index (χ0) is 18.7. The number of nitro groups is 1. The average Bonchev–Trinajstić information content (AvgIpc) is 2.57. The lowest BCUT2D eigenvalue weighted by Crippen LogP contribution is -2.41. The van der Waals surface area contributed by atoms with Gasteiger partial charge in [-0.25, -0.2) is 10.1 Å². The van der Waals surface area contributed by atoms with Gasteiger partial charge in [-0.05, 0) is 44.0 Å². The highest BCUT2D eigenvalue weighted by molar-refractivity contribution is 5.95. The van der Waals surface area contributed by atoms with Crippen molar-refractivity contribution in [1.82, 2.24) is 16.1 Å². The Morgan fingerprint density at radius 3 is 2.64 bits per heavy atom. The molecule has 1 unspecified atom stereocenters. The van der Waals surface area contributed by atoms with Crippen LogP contribution in [0.1, 0.15) is 30.1 Å². The lowest BCUT2D eigenvalue weighted by atomic mass is 10.1. The molecule has 10 nitrogen and oxygen atoms in total. The SMILES string of the molecule is CCOc1ccc(C(=O)NC(C=O)CCCNC(=N)N[N+](=O)[O-])cc1. The van der Waals surface area contributed by atoms with Crippen LogP contribution in [0.3, 0.4) is 0 Å². The van der Waals surface area contributed by atoms with Crippen molar-refractivity contribution >= 4 is 18.2 Å². The number of hydrazine groups is 1. The van der Waals surface area contributed by atoms with Crippen molar-refractivity contribution in [3.05, 3.63) is 39.9 Å². The number of carbonyl (C=O) groups is 2. The Kier molecular flexibility index (Phi) is 8.41. The van der Waals surface area contributed by atoms with E-state index in [4.69, 9.17) is 10.1 Å². The van der Waals surface area contributed by atoms with Crippen LogP contribution in [0.2, 0.25) is 0 Å². The third-order valence-corrected chi connectivity index (χ3v) is 3.11. The first-order chi connectivity index (χ1) is 12.0. The molecule has 0 bridgehead atoms. The summed E-state index contributed by atoms with van der Waals surface area (Å²) in [5.41, 5.74) is 2.06. The molecule has 0 aliphatic rings. The number of carbonyl (C=O) groups excluding carboxylic acids is 2. The zero-order valence-electron chi connectivity index (χ0n) is 13.8. The number of benzene rings is 1. The molecule has 0 aromatic heterocycles. The van der Waals surface area contributed by atoms with Crippen molar-refractivity contribution in [2.24, 2.45) is 0 Å². The molecular formula is C15H21N5O5. The van der Waals surface area contributed by atoms with Gasteiger partial charge in [0.2, 0.25) is 0 Å². The Morgan fingerprint density at radius 2 is 2.08 bits per heavy atom. The quantitative estimate of drug-likeness (QED) is 0.120. The molecule has 10 heteroatoms. The number of nitrogens with one attached hydrogen (secondary N) is 4. The molecule has 1 amide bonds. The summed E-state index contributed by atoms with van der Waals surface area (Å²) in [7, 11) is 0. The van der Waals surface area contributed by atoms with Crippen LogP contribution in [0.5, 0.6) is 5.75 Å². The molecule has 0 heterocycles. The van der Waals surface area contributed by atoms with Gasteiger partial charge in [0.25, 0.3) is 11.9 Å². The molecule has 0 saturated carbocycles. The molecule has 0 aliphatic heterocycles. The van der Waals surface area contributed by atoms with E-state index in [9.17, 15) is 19.7 Å². The first kappa shape index (κ1) is 19.9. The van der Waals surface area contributed by atoms with Crippen molar-refractivity contribution in [1.29, 1.82) is 5.41 Å². The molecule has 1 atom stereocenters. The van der Waals surface area contributed by atoms with E-state index in [1.165, 1.54) is 0 Å². The Morgan fingerprint density at radius 1 is 1.40 bits per heavy atom. The molecule has 136 valence electrons. The van der Waals surface area contributed by atoms with Gasteiger partial charge in [-0.15, -0.1) is 0 Å². The normalized spacial score (nSPS) is 11.1. The van der Waals surface area contributed by atoms with Crippen LogP contribution in [0.25, 0.3) is 0 Å². The molecular weight excluding hydrogens is 330 g/mol. The molecule has 1 aromatic carbocycles. The van der Waals surface area contributed by atoms with E-state index in [0.717, 1.165) is 0 Å². The fourth-order valence-corrected chi connectivity index (χ4v) is 1.96. The first-order valence-electron chi connectivity index (χ1n) is 7.68. The number of hydrogen-bond donors (Lipinski definition) is 4. The lowest BCUT2D eigenvalue weighted by molar-refractivity contribution is -0.525. The minimum Gasteiger partial charge on any atom is -0.494 e. The number of nitrogens with zero attached hydrogens (tertiary/aromatic N) is 1. The monoisotopic (exact) mass is 351 g/mol. The molecule has 0 radical (unpaired) electrons. The summed E-state index contributed by atoms with van der Waals surface area (Å²) < 4.78 is 5.29. The van der Waals surface area contributed by atoms with E-state index >= 15 is 0 Å². The second-order valence-electron chi connectivity index (χ2n) is 4.99. The molecule has 4 N–H and O–H groups in total. The molecule has 0 spiro atoms. The van der Waals surface area contributed by atoms with Gasteiger partial charge in [-0.2, -0.15) is 0 Å². The zero-order valence-corrected chi connectivity index (χ0v) is 13.8. The van der Waals surface area contributed by atoms with Crippen LogP contribution in [0.15, 0.2) is 24.3 Å². The number of amides is 1. The predicted octanol–water partition coefficient (Wildman–Crippen LogP) is 0.468. The Bertz CT molecular complexity index is 605. The molecule has 1 aromatic rings. The Hall–Kier alpha value is -3.17. The molecule has 25 heavy (non-hydrogen) atoms. The average molecular weight is 351 g/mol. The summed E-state index contributed by atoms with van der Waals surface area (Å²) in [6.07, 6.45) is 1.41. The summed E-state index contributed by atoms with van der Waals surface area (Å²) >= 11 is 0. The van der Waals surface area contributed by atoms with Gasteiger partial charge in [0.15, 0.2) is 5.03 Å². The molecule has 0 aliphatic carbocycles. The highest BCUT2D eigenvalue weighted by Crippen LogP contribution is 2.12. The highest BCUT2D eigenvalue weighted by Gasteiger charge is 2.13. The maximum atomic E-state index is 12.1. The first-order valence-corrected chi connectivity index (χ1v) is 7.68. The summed E-state index contributed by atoms with van der Waals surface area (Å²) in [5.74, 6) is -0.162. The molecule has 0 fully saturated rings. The number of ether oxygens (including phenoxy) is 1. The van der Waals surface area contributed by atoms with Crippen LogP contribution < -0.4 is 20.8 Å². The van der Waals surface area contributed by atoms with Crippen LogP contribution in [-0.2, 0) is 4.79 Å². The minimum absolute atomic E-state index is 0.253. The maximum Gasteiger partial charge on any atom is 0.251 e. The minimum atomic E-state index is -0.847. The third-order valence-electron chi connectivity index (χ3n) is 3.11. The van der Waals surface area contributed by atoms with Gasteiger partial charge >= 0.3 is 0 Å². The fraction of sp³-hybridized carbons (Fsp3) is 0.400. The lowest BCUT2D eigenvalue weighted by Gasteiger charge is -2.13. The highest BCUT2D eigenvalue weighted by atomic mass is 16.7. The van der Waals surface area contributed by atoms with Crippen molar-refractivity contribution in [2.45, 2.75) is 25.8 Å². The largest absolute Gasteiger partial charge is 0.494 e. The predicted molar refractivity (Wildman–Crippen MR) is 90.0 cm³/mol. The van der Waals surface area contributed by atoms with Crippen LogP contribution in [-0.4, -0.2) is 42.4 Å². The number of aldehydes is 1. The molecule has 0 saturated heterocycles. The topological polar surface area (TPSA) is 146 Å². The second-order valence-corrected chi connectivity index (χ2v) is 4.99. The summed E-state index contributed by atoms with van der Waals surface area (Å²) in [6, 6.07) is 5.87. The van der Waals surface area contributed by atoms with E-state index in [1.807, 2.05) is 6.92 Å². The van der Waals surface area contributed by atoms with Crippen molar-refractivity contribution < 1.29 is 19.4 Å².